The molecule has 1 amide bonds. The van der Waals surface area contributed by atoms with Crippen molar-refractivity contribution >= 4 is 23.6 Å². The summed E-state index contributed by atoms with van der Waals surface area (Å²) in [6, 6.07) is 5.42. The van der Waals surface area contributed by atoms with Crippen molar-refractivity contribution in [1.29, 1.82) is 0 Å². The summed E-state index contributed by atoms with van der Waals surface area (Å²) in [5.74, 6) is -1.35. The highest BCUT2D eigenvalue weighted by molar-refractivity contribution is 7.99. The van der Waals surface area contributed by atoms with Crippen LogP contribution in [0.1, 0.15) is 19.3 Å². The Morgan fingerprint density at radius 3 is 2.76 bits per heavy atom. The van der Waals surface area contributed by atoms with Gasteiger partial charge in [-0.15, -0.1) is 18.3 Å². The number of amides is 1. The van der Waals surface area contributed by atoms with E-state index in [1.54, 1.807) is 24.3 Å². The second kappa shape index (κ2) is 9.18. The van der Waals surface area contributed by atoms with Gasteiger partial charge in [0.15, 0.2) is 0 Å². The zero-order chi connectivity index (χ0) is 15.7. The first-order chi connectivity index (χ1) is 10.0. The van der Waals surface area contributed by atoms with Crippen molar-refractivity contribution in [3.05, 3.63) is 42.7 Å². The minimum Gasteiger partial charge on any atom is -0.480 e. The largest absolute Gasteiger partial charge is 0.480 e. The lowest BCUT2D eigenvalue weighted by atomic mass is 10.1. The van der Waals surface area contributed by atoms with Crippen LogP contribution in [0.15, 0.2) is 41.8 Å². The van der Waals surface area contributed by atoms with E-state index in [9.17, 15) is 14.0 Å². The van der Waals surface area contributed by atoms with E-state index >= 15 is 0 Å². The Bertz CT molecular complexity index is 507. The molecule has 1 unspecified atom stereocenters. The Balaban J connectivity index is 2.37. The molecule has 0 fully saturated rings. The maximum atomic E-state index is 13.4. The van der Waals surface area contributed by atoms with E-state index in [4.69, 9.17) is 5.11 Å². The molecule has 6 heteroatoms. The number of halogens is 1. The number of hydrogen-bond donors (Lipinski definition) is 2. The molecule has 0 bridgehead atoms. The quantitative estimate of drug-likeness (QED) is 0.543. The van der Waals surface area contributed by atoms with Gasteiger partial charge in [0.25, 0.3) is 0 Å². The first-order valence-corrected chi connectivity index (χ1v) is 7.53. The third-order valence-electron chi connectivity index (χ3n) is 2.72. The molecular formula is C15H18FNO3S. The average molecular weight is 311 g/mol. The summed E-state index contributed by atoms with van der Waals surface area (Å²) >= 11 is 1.23. The number of carbonyl (C=O) groups is 2. The Morgan fingerprint density at radius 1 is 1.43 bits per heavy atom. The molecule has 0 aliphatic rings. The molecule has 0 heterocycles. The van der Waals surface area contributed by atoms with Crippen molar-refractivity contribution in [2.45, 2.75) is 30.2 Å². The predicted octanol–water partition coefficient (Wildman–Crippen LogP) is 2.84. The van der Waals surface area contributed by atoms with Gasteiger partial charge in [-0.25, -0.2) is 9.18 Å². The van der Waals surface area contributed by atoms with Crippen molar-refractivity contribution < 1.29 is 19.1 Å². The third-order valence-corrected chi connectivity index (χ3v) is 3.77. The van der Waals surface area contributed by atoms with Gasteiger partial charge in [0.2, 0.25) is 5.91 Å². The minimum atomic E-state index is -1.06. The molecule has 2 N–H and O–H groups in total. The zero-order valence-electron chi connectivity index (χ0n) is 11.5. The Morgan fingerprint density at radius 2 is 2.14 bits per heavy atom. The maximum absolute atomic E-state index is 13.4. The lowest BCUT2D eigenvalue weighted by molar-refractivity contribution is -0.141. The molecule has 4 nitrogen and oxygen atoms in total. The van der Waals surface area contributed by atoms with Crippen LogP contribution >= 0.6 is 11.8 Å². The maximum Gasteiger partial charge on any atom is 0.326 e. The molecule has 21 heavy (non-hydrogen) atoms. The molecule has 0 aliphatic heterocycles. The van der Waals surface area contributed by atoms with Gasteiger partial charge in [-0.05, 0) is 25.0 Å². The lowest BCUT2D eigenvalue weighted by Crippen LogP contribution is -2.40. The number of aliphatic carboxylic acids is 1. The van der Waals surface area contributed by atoms with E-state index in [0.29, 0.717) is 23.5 Å². The molecular weight excluding hydrogens is 293 g/mol. The number of carboxylic acids is 1. The molecule has 1 aromatic rings. The highest BCUT2D eigenvalue weighted by Gasteiger charge is 2.18. The van der Waals surface area contributed by atoms with Gasteiger partial charge in [-0.1, -0.05) is 18.2 Å². The second-order valence-corrected chi connectivity index (χ2v) is 5.49. The molecule has 0 saturated carbocycles. The van der Waals surface area contributed by atoms with Crippen molar-refractivity contribution in [3.63, 3.8) is 0 Å². The zero-order valence-corrected chi connectivity index (χ0v) is 12.4. The van der Waals surface area contributed by atoms with Gasteiger partial charge in [0, 0.05) is 17.1 Å². The summed E-state index contributed by atoms with van der Waals surface area (Å²) in [7, 11) is 0. The van der Waals surface area contributed by atoms with Gasteiger partial charge >= 0.3 is 5.97 Å². The highest BCUT2D eigenvalue weighted by atomic mass is 32.2. The molecule has 0 aliphatic carbocycles. The van der Waals surface area contributed by atoms with Crippen LogP contribution < -0.4 is 5.32 Å². The van der Waals surface area contributed by atoms with Gasteiger partial charge in [0.05, 0.1) is 0 Å². The van der Waals surface area contributed by atoms with E-state index in [0.717, 1.165) is 0 Å². The Labute approximate surface area is 127 Å². The van der Waals surface area contributed by atoms with Crippen LogP contribution in [-0.4, -0.2) is 28.8 Å². The van der Waals surface area contributed by atoms with Crippen LogP contribution in [0.2, 0.25) is 0 Å². The number of hydrogen-bond acceptors (Lipinski definition) is 3. The van der Waals surface area contributed by atoms with Crippen LogP contribution in [0, 0.1) is 5.82 Å². The molecule has 1 rings (SSSR count). The van der Waals surface area contributed by atoms with E-state index in [-0.39, 0.29) is 18.1 Å². The smallest absolute Gasteiger partial charge is 0.326 e. The third kappa shape index (κ3) is 6.44. The number of thioether (sulfide) groups is 1. The van der Waals surface area contributed by atoms with Gasteiger partial charge in [-0.3, -0.25) is 4.79 Å². The van der Waals surface area contributed by atoms with Crippen molar-refractivity contribution in [2.24, 2.45) is 0 Å². The van der Waals surface area contributed by atoms with Crippen LogP contribution in [-0.2, 0) is 9.59 Å². The van der Waals surface area contributed by atoms with Crippen LogP contribution in [0.4, 0.5) is 4.39 Å². The van der Waals surface area contributed by atoms with Crippen LogP contribution in [0.5, 0.6) is 0 Å². The summed E-state index contributed by atoms with van der Waals surface area (Å²) in [5, 5.41) is 11.4. The van der Waals surface area contributed by atoms with E-state index in [2.05, 4.69) is 11.9 Å². The Kier molecular flexibility index (Phi) is 7.53. The number of benzene rings is 1. The number of carboxylic acid groups (broad SMARTS) is 1. The average Bonchev–Trinajstić information content (AvgIpc) is 2.45. The lowest BCUT2D eigenvalue weighted by Gasteiger charge is -2.13. The van der Waals surface area contributed by atoms with E-state index < -0.39 is 12.0 Å². The van der Waals surface area contributed by atoms with Gasteiger partial charge < -0.3 is 10.4 Å². The molecule has 0 radical (unpaired) electrons. The van der Waals surface area contributed by atoms with Crippen molar-refractivity contribution in [1.82, 2.24) is 5.32 Å². The summed E-state index contributed by atoms with van der Waals surface area (Å²) in [6.45, 7) is 3.52. The molecule has 1 aromatic carbocycles. The van der Waals surface area contributed by atoms with Crippen LogP contribution in [0.3, 0.4) is 0 Å². The fraction of sp³-hybridized carbons (Fsp3) is 0.333. The molecule has 1 atom stereocenters. The summed E-state index contributed by atoms with van der Waals surface area (Å²) in [4.78, 5) is 23.1. The van der Waals surface area contributed by atoms with E-state index in [1.807, 2.05) is 0 Å². The topological polar surface area (TPSA) is 66.4 Å². The van der Waals surface area contributed by atoms with Crippen LogP contribution in [0.25, 0.3) is 0 Å². The molecule has 0 saturated heterocycles. The molecule has 0 aromatic heterocycles. The number of carbonyl (C=O) groups excluding carboxylic acids is 1. The Hall–Kier alpha value is -1.82. The predicted molar refractivity (Wildman–Crippen MR) is 80.7 cm³/mol. The minimum absolute atomic E-state index is 0.136. The molecule has 114 valence electrons. The fourth-order valence-electron chi connectivity index (χ4n) is 1.62. The number of rotatable bonds is 9. The van der Waals surface area contributed by atoms with E-state index in [1.165, 1.54) is 17.8 Å². The SMILES string of the molecule is C=CCCC(NC(=O)CCSc1ccccc1F)C(=O)O. The van der Waals surface area contributed by atoms with Gasteiger partial charge in [0.1, 0.15) is 11.9 Å². The standard InChI is InChI=1S/C15H18FNO3S/c1-2-3-7-12(15(19)20)17-14(18)9-10-21-13-8-5-4-6-11(13)16/h2,4-6,8,12H,1,3,7,9-10H2,(H,17,18)(H,19,20). The van der Waals surface area contributed by atoms with Crippen molar-refractivity contribution in [3.8, 4) is 0 Å². The fourth-order valence-corrected chi connectivity index (χ4v) is 2.51. The first kappa shape index (κ1) is 17.2. The summed E-state index contributed by atoms with van der Waals surface area (Å²) in [5.41, 5.74) is 0. The monoisotopic (exact) mass is 311 g/mol. The van der Waals surface area contributed by atoms with Crippen molar-refractivity contribution in [2.75, 3.05) is 5.75 Å². The number of nitrogens with one attached hydrogen (secondary N) is 1. The normalized spacial score (nSPS) is 11.7. The second-order valence-electron chi connectivity index (χ2n) is 4.35. The van der Waals surface area contributed by atoms with Gasteiger partial charge in [-0.2, -0.15) is 0 Å². The molecule has 0 spiro atoms. The summed E-state index contributed by atoms with van der Waals surface area (Å²) < 4.78 is 13.4. The summed E-state index contributed by atoms with van der Waals surface area (Å²) in [6.07, 6.45) is 2.57. The highest BCUT2D eigenvalue weighted by Crippen LogP contribution is 2.21. The number of allylic oxidation sites excluding steroid dienone is 1. The first-order valence-electron chi connectivity index (χ1n) is 6.55.